The van der Waals surface area contributed by atoms with E-state index in [9.17, 15) is 10.2 Å². The molecule has 26 heavy (non-hydrogen) atoms. The molecule has 2 N–H and O–H groups in total. The first-order valence-electron chi connectivity index (χ1n) is 9.77. The molecule has 1 spiro atoms. The van der Waals surface area contributed by atoms with Crippen molar-refractivity contribution in [1.29, 1.82) is 0 Å². The zero-order chi connectivity index (χ0) is 18.1. The smallest absolute Gasteiger partial charge is 0.111 e. The second kappa shape index (κ2) is 5.07. The number of aliphatic hydroxyl groups excluding tert-OH is 2. The molecule has 7 rings (SSSR count). The lowest BCUT2D eigenvalue weighted by Crippen LogP contribution is -2.72. The third-order valence-electron chi connectivity index (χ3n) is 8.56. The lowest BCUT2D eigenvalue weighted by molar-refractivity contribution is -0.211. The number of nitrogens with zero attached hydrogens (tertiary/aromatic N) is 2. The van der Waals surface area contributed by atoms with Crippen molar-refractivity contribution in [1.82, 2.24) is 4.90 Å². The van der Waals surface area contributed by atoms with Gasteiger partial charge in [-0.2, -0.15) is 0 Å². The number of aliphatic hydroxyl groups is 2. The van der Waals surface area contributed by atoms with Gasteiger partial charge in [0.15, 0.2) is 0 Å². The Morgan fingerprint density at radius 2 is 2.00 bits per heavy atom. The van der Waals surface area contributed by atoms with Crippen molar-refractivity contribution in [2.45, 2.75) is 62.1 Å². The van der Waals surface area contributed by atoms with Gasteiger partial charge in [-0.25, -0.2) is 0 Å². The van der Waals surface area contributed by atoms with E-state index in [2.05, 4.69) is 67.8 Å². The summed E-state index contributed by atoms with van der Waals surface area (Å²) in [4.78, 5) is 4.80. The summed E-state index contributed by atoms with van der Waals surface area (Å²) in [5, 5.41) is 22.9. The topological polar surface area (TPSA) is 46.9 Å². The van der Waals surface area contributed by atoms with Gasteiger partial charge < -0.3 is 15.1 Å². The van der Waals surface area contributed by atoms with Crippen LogP contribution >= 0.6 is 31.9 Å². The number of anilines is 1. The van der Waals surface area contributed by atoms with Crippen molar-refractivity contribution in [2.24, 2.45) is 17.8 Å². The molecule has 6 heteroatoms. The minimum atomic E-state index is -0.347. The van der Waals surface area contributed by atoms with Crippen LogP contribution in [-0.2, 0) is 5.41 Å². The van der Waals surface area contributed by atoms with Crippen LogP contribution in [0.2, 0.25) is 0 Å². The van der Waals surface area contributed by atoms with Gasteiger partial charge in [-0.1, -0.05) is 22.9 Å². The Balaban J connectivity index is 1.61. The Labute approximate surface area is 170 Å². The molecule has 5 heterocycles. The lowest BCUT2D eigenvalue weighted by atomic mass is 9.62. The fourth-order valence-corrected chi connectivity index (χ4v) is 9.48. The summed E-state index contributed by atoms with van der Waals surface area (Å²) in [7, 11) is 2.17. The van der Waals surface area contributed by atoms with E-state index >= 15 is 0 Å². The number of hydrogen-bond donors (Lipinski definition) is 2. The van der Waals surface area contributed by atoms with Crippen molar-refractivity contribution in [3.8, 4) is 0 Å². The average molecular weight is 484 g/mol. The Bertz CT molecular complexity index is 819. The first-order chi connectivity index (χ1) is 12.4. The van der Waals surface area contributed by atoms with Crippen molar-refractivity contribution in [3.05, 3.63) is 26.6 Å². The Kier molecular flexibility index (Phi) is 3.27. The van der Waals surface area contributed by atoms with Gasteiger partial charge in [-0.3, -0.25) is 4.90 Å². The van der Waals surface area contributed by atoms with Gasteiger partial charge in [0.25, 0.3) is 0 Å². The van der Waals surface area contributed by atoms with Crippen LogP contribution in [0.15, 0.2) is 21.1 Å². The molecule has 10 atom stereocenters. The highest BCUT2D eigenvalue weighted by Crippen LogP contribution is 2.69. The van der Waals surface area contributed by atoms with Gasteiger partial charge in [0.05, 0.1) is 17.8 Å². The largest absolute Gasteiger partial charge is 0.392 e. The molecule has 1 aromatic rings. The van der Waals surface area contributed by atoms with E-state index in [-0.39, 0.29) is 23.8 Å². The molecule has 1 aliphatic carbocycles. The minimum Gasteiger partial charge on any atom is -0.392 e. The summed E-state index contributed by atoms with van der Waals surface area (Å²) in [6, 6.07) is 5.22. The van der Waals surface area contributed by atoms with Crippen LogP contribution in [-0.4, -0.2) is 52.6 Å². The molecule has 1 unspecified atom stereocenters. The quantitative estimate of drug-likeness (QED) is 0.644. The standard InChI is InChI=1S/C20H24Br2N2O2/c1-3-9-10-6-13-17-20(7-14(15(10)18(20)25)24(13)19(9)26)11-4-8(21)5-12(22)16(11)23(17)2/h4-5,9-10,13-15,17-19,25-26H,3,6-7H2,1-2H3/t9-,10+,13-,14-,15-,17-,18+,19+,20+/m0/s1. The summed E-state index contributed by atoms with van der Waals surface area (Å²) in [6.45, 7) is 2.19. The molecular formula is C20H24Br2N2O2. The molecule has 1 saturated carbocycles. The molecular weight excluding hydrogens is 460 g/mol. The summed E-state index contributed by atoms with van der Waals surface area (Å²) in [6.07, 6.45) is 2.39. The number of halogens is 2. The number of fused-ring (bicyclic) bond motifs is 2. The third kappa shape index (κ3) is 1.58. The van der Waals surface area contributed by atoms with Crippen molar-refractivity contribution in [3.63, 3.8) is 0 Å². The Hall–Kier alpha value is -0.140. The van der Waals surface area contributed by atoms with Crippen LogP contribution < -0.4 is 4.90 Å². The summed E-state index contributed by atoms with van der Waals surface area (Å²) < 4.78 is 2.15. The number of benzene rings is 1. The van der Waals surface area contributed by atoms with E-state index in [1.165, 1.54) is 11.3 Å². The molecule has 6 aliphatic rings. The second-order valence-electron chi connectivity index (χ2n) is 9.07. The minimum absolute atomic E-state index is 0.204. The Morgan fingerprint density at radius 3 is 2.73 bits per heavy atom. The van der Waals surface area contributed by atoms with Gasteiger partial charge in [-0.15, -0.1) is 0 Å². The second-order valence-corrected chi connectivity index (χ2v) is 10.8. The summed E-state index contributed by atoms with van der Waals surface area (Å²) >= 11 is 7.44. The van der Waals surface area contributed by atoms with Crippen molar-refractivity contribution in [2.75, 3.05) is 11.9 Å². The van der Waals surface area contributed by atoms with Crippen LogP contribution in [0.3, 0.4) is 0 Å². The molecule has 140 valence electrons. The molecule has 4 saturated heterocycles. The number of hydrogen-bond acceptors (Lipinski definition) is 4. The molecule has 5 bridgehead atoms. The first-order valence-corrected chi connectivity index (χ1v) is 11.4. The fourth-order valence-electron chi connectivity index (χ4n) is 7.97. The van der Waals surface area contributed by atoms with Gasteiger partial charge >= 0.3 is 0 Å². The number of piperidine rings is 4. The van der Waals surface area contributed by atoms with Gasteiger partial charge in [-0.05, 0) is 58.8 Å². The zero-order valence-electron chi connectivity index (χ0n) is 14.9. The van der Waals surface area contributed by atoms with E-state index in [4.69, 9.17) is 0 Å². The molecule has 5 aliphatic heterocycles. The van der Waals surface area contributed by atoms with E-state index in [1.54, 1.807) is 0 Å². The van der Waals surface area contributed by atoms with E-state index in [0.717, 1.165) is 28.2 Å². The van der Waals surface area contributed by atoms with Crippen molar-refractivity contribution >= 4 is 37.5 Å². The third-order valence-corrected chi connectivity index (χ3v) is 9.62. The van der Waals surface area contributed by atoms with Crippen LogP contribution in [0.4, 0.5) is 5.69 Å². The van der Waals surface area contributed by atoms with Crippen LogP contribution in [0.5, 0.6) is 0 Å². The SMILES string of the molecule is CC[C@H]1[C@H]2C[C@H]3[C@@H]4N(C)c5c(Br)cc(Br)cc5[C@]45C[C@@H]([C@H]2[C@H]5O)N3[C@@H]1O. The molecule has 4 nitrogen and oxygen atoms in total. The van der Waals surface area contributed by atoms with Crippen LogP contribution in [0.1, 0.15) is 31.7 Å². The van der Waals surface area contributed by atoms with Gasteiger partial charge in [0.2, 0.25) is 0 Å². The molecule has 1 aromatic carbocycles. The lowest BCUT2D eigenvalue weighted by Gasteiger charge is -2.62. The normalized spacial score (nSPS) is 52.5. The van der Waals surface area contributed by atoms with Crippen LogP contribution in [0.25, 0.3) is 0 Å². The highest BCUT2D eigenvalue weighted by Gasteiger charge is 2.76. The van der Waals surface area contributed by atoms with E-state index < -0.39 is 0 Å². The fraction of sp³-hybridized carbons (Fsp3) is 0.700. The summed E-state index contributed by atoms with van der Waals surface area (Å²) in [5.74, 6) is 1.04. The highest BCUT2D eigenvalue weighted by atomic mass is 79.9. The average Bonchev–Trinajstić information content (AvgIpc) is 2.96. The number of likely N-dealkylation sites (N-methyl/N-ethyl adjacent to an activating group) is 1. The predicted molar refractivity (Wildman–Crippen MR) is 107 cm³/mol. The maximum Gasteiger partial charge on any atom is 0.111 e. The Morgan fingerprint density at radius 1 is 1.23 bits per heavy atom. The maximum absolute atomic E-state index is 11.7. The predicted octanol–water partition coefficient (Wildman–Crippen LogP) is 3.08. The van der Waals surface area contributed by atoms with E-state index in [0.29, 0.717) is 29.8 Å². The van der Waals surface area contributed by atoms with Crippen molar-refractivity contribution < 1.29 is 10.2 Å². The molecule has 0 aromatic heterocycles. The maximum atomic E-state index is 11.7. The van der Waals surface area contributed by atoms with Gasteiger partial charge in [0.1, 0.15) is 6.23 Å². The highest BCUT2D eigenvalue weighted by molar-refractivity contribution is 9.11. The molecule has 0 amide bonds. The monoisotopic (exact) mass is 482 g/mol. The zero-order valence-corrected chi connectivity index (χ0v) is 18.1. The number of rotatable bonds is 1. The molecule has 5 fully saturated rings. The first kappa shape index (κ1) is 16.8. The van der Waals surface area contributed by atoms with Crippen LogP contribution in [0, 0.1) is 17.8 Å². The summed E-state index contributed by atoms with van der Waals surface area (Å²) in [5.41, 5.74) is 2.31. The molecule has 0 radical (unpaired) electrons. The van der Waals surface area contributed by atoms with Gasteiger partial charge in [0, 0.05) is 45.3 Å². The van der Waals surface area contributed by atoms with E-state index in [1.807, 2.05) is 0 Å².